The Morgan fingerprint density at radius 2 is 1.59 bits per heavy atom. The Kier molecular flexibility index (Phi) is 4.78. The summed E-state index contributed by atoms with van der Waals surface area (Å²) in [6.45, 7) is -1.03. The third-order valence-corrected chi connectivity index (χ3v) is 7.97. The van der Waals surface area contributed by atoms with Crippen LogP contribution >= 0.6 is 47.1 Å². The van der Waals surface area contributed by atoms with Gasteiger partial charge in [-0.05, 0) is 44.0 Å². The van der Waals surface area contributed by atoms with Gasteiger partial charge in [-0.2, -0.15) is 0 Å². The van der Waals surface area contributed by atoms with Crippen molar-refractivity contribution in [3.63, 3.8) is 0 Å². The summed E-state index contributed by atoms with van der Waals surface area (Å²) in [5, 5.41) is 6.43. The summed E-state index contributed by atoms with van der Waals surface area (Å²) in [4.78, 5) is 40.7. The Labute approximate surface area is 140 Å². The van der Waals surface area contributed by atoms with Crippen LogP contribution in [0.15, 0.2) is 27.4 Å². The third kappa shape index (κ3) is 2.98. The van der Waals surface area contributed by atoms with E-state index >= 15 is 0 Å². The smallest absolute Gasteiger partial charge is 0.366 e. The quantitative estimate of drug-likeness (QED) is 0.414. The number of nitrogens with zero attached hydrogens (tertiary/aromatic N) is 2. The molecule has 0 bridgehead atoms. The molecular formula is C9H10Br2N2O7P2. The van der Waals surface area contributed by atoms with Crippen molar-refractivity contribution >= 4 is 58.1 Å². The molecule has 0 aliphatic carbocycles. The Morgan fingerprint density at radius 3 is 2.09 bits per heavy atom. The van der Waals surface area contributed by atoms with E-state index in [2.05, 4.69) is 36.8 Å². The molecule has 0 aliphatic rings. The van der Waals surface area contributed by atoms with Gasteiger partial charge in [0.05, 0.1) is 18.4 Å². The standard InChI is InChI=1S/C9H10Br2N2O7P2/c10-5-1-2-6(11)8-7(5)12-4-13(8)3-9(14,21(15,16)17)22(18,19)20/h1-2,4,14H,3H2,(H2,15,16,17)(H2,18,19,20). The predicted octanol–water partition coefficient (Wildman–Crippen LogP) is 1.56. The van der Waals surface area contributed by atoms with E-state index in [0.717, 1.165) is 10.9 Å². The highest BCUT2D eigenvalue weighted by Gasteiger charge is 2.59. The van der Waals surface area contributed by atoms with E-state index in [-0.39, 0.29) is 0 Å². The SMILES string of the molecule is O=P(O)(O)C(O)(Cn1cnc2c(Br)ccc(Br)c21)P(=O)(O)O. The number of aliphatic hydroxyl groups is 1. The second kappa shape index (κ2) is 5.77. The lowest BCUT2D eigenvalue weighted by atomic mass is 10.3. The Morgan fingerprint density at radius 1 is 1.09 bits per heavy atom. The molecule has 22 heavy (non-hydrogen) atoms. The highest BCUT2D eigenvalue weighted by molar-refractivity contribution is 9.11. The summed E-state index contributed by atoms with van der Waals surface area (Å²) in [6.07, 6.45) is 1.12. The monoisotopic (exact) mass is 478 g/mol. The van der Waals surface area contributed by atoms with E-state index in [1.54, 1.807) is 12.1 Å². The molecule has 0 saturated heterocycles. The first-order valence-corrected chi connectivity index (χ1v) is 10.3. The van der Waals surface area contributed by atoms with Gasteiger partial charge in [-0.3, -0.25) is 9.13 Å². The Balaban J connectivity index is 2.66. The minimum Gasteiger partial charge on any atom is -0.366 e. The molecule has 0 aliphatic heterocycles. The number of hydrogen-bond acceptors (Lipinski definition) is 4. The van der Waals surface area contributed by atoms with Crippen molar-refractivity contribution in [3.8, 4) is 0 Å². The van der Waals surface area contributed by atoms with E-state index in [1.165, 1.54) is 0 Å². The van der Waals surface area contributed by atoms with E-state index < -0.39 is 26.8 Å². The molecule has 0 amide bonds. The lowest BCUT2D eigenvalue weighted by molar-refractivity contribution is 0.116. The van der Waals surface area contributed by atoms with Crippen molar-refractivity contribution in [3.05, 3.63) is 27.4 Å². The zero-order valence-corrected chi connectivity index (χ0v) is 15.5. The van der Waals surface area contributed by atoms with Crippen LogP contribution in [0.1, 0.15) is 0 Å². The topological polar surface area (TPSA) is 153 Å². The maximum atomic E-state index is 11.4. The molecule has 1 aromatic carbocycles. The molecule has 13 heteroatoms. The van der Waals surface area contributed by atoms with Gasteiger partial charge in [-0.15, -0.1) is 0 Å². The minimum atomic E-state index is -5.54. The van der Waals surface area contributed by atoms with Gasteiger partial charge in [0.15, 0.2) is 0 Å². The first-order chi connectivity index (χ1) is 9.88. The summed E-state index contributed by atoms with van der Waals surface area (Å²) in [6, 6.07) is 3.28. The molecule has 1 heterocycles. The van der Waals surface area contributed by atoms with Gasteiger partial charge >= 0.3 is 15.2 Å². The van der Waals surface area contributed by atoms with Crippen molar-refractivity contribution in [2.24, 2.45) is 0 Å². The molecule has 122 valence electrons. The summed E-state index contributed by atoms with van der Waals surface area (Å²) in [5.74, 6) is 0. The number of imidazole rings is 1. The van der Waals surface area contributed by atoms with E-state index in [0.29, 0.717) is 20.0 Å². The lowest BCUT2D eigenvalue weighted by Gasteiger charge is -2.29. The first kappa shape index (κ1) is 18.3. The van der Waals surface area contributed by atoms with Gasteiger partial charge < -0.3 is 29.2 Å². The van der Waals surface area contributed by atoms with Crippen molar-refractivity contribution in [1.29, 1.82) is 0 Å². The van der Waals surface area contributed by atoms with Crippen LogP contribution in [0, 0.1) is 0 Å². The second-order valence-electron chi connectivity index (χ2n) is 4.46. The van der Waals surface area contributed by atoms with Crippen LogP contribution in [0.3, 0.4) is 0 Å². The summed E-state index contributed by atoms with van der Waals surface area (Å²) in [7, 11) is -11.1. The fourth-order valence-corrected chi connectivity index (χ4v) is 4.81. The van der Waals surface area contributed by atoms with Gasteiger partial charge in [-0.1, -0.05) is 0 Å². The number of aromatic nitrogens is 2. The molecule has 0 fully saturated rings. The third-order valence-electron chi connectivity index (χ3n) is 2.98. The molecule has 0 radical (unpaired) electrons. The van der Waals surface area contributed by atoms with Crippen LogP contribution in [0.2, 0.25) is 0 Å². The van der Waals surface area contributed by atoms with Gasteiger partial charge in [0.1, 0.15) is 5.52 Å². The summed E-state index contributed by atoms with van der Waals surface area (Å²) in [5.41, 5.74) is 0.711. The molecule has 0 saturated carbocycles. The van der Waals surface area contributed by atoms with Crippen LogP contribution in [0.5, 0.6) is 0 Å². The average Bonchev–Trinajstić information content (AvgIpc) is 2.76. The van der Waals surface area contributed by atoms with Gasteiger partial charge in [0.25, 0.3) is 5.08 Å². The fraction of sp³-hybridized carbons (Fsp3) is 0.222. The van der Waals surface area contributed by atoms with E-state index in [1.807, 2.05) is 0 Å². The number of fused-ring (bicyclic) bond motifs is 1. The molecule has 0 spiro atoms. The van der Waals surface area contributed by atoms with E-state index in [4.69, 9.17) is 0 Å². The number of benzene rings is 1. The molecule has 1 aromatic heterocycles. The maximum Gasteiger partial charge on any atom is 0.371 e. The van der Waals surface area contributed by atoms with Gasteiger partial charge in [-0.25, -0.2) is 4.98 Å². The van der Waals surface area contributed by atoms with Crippen molar-refractivity contribution in [2.75, 3.05) is 0 Å². The van der Waals surface area contributed by atoms with Crippen LogP contribution in [-0.2, 0) is 15.7 Å². The van der Waals surface area contributed by atoms with Crippen LogP contribution in [0.4, 0.5) is 0 Å². The maximum absolute atomic E-state index is 11.4. The minimum absolute atomic E-state index is 0.315. The predicted molar refractivity (Wildman–Crippen MR) is 84.2 cm³/mol. The summed E-state index contributed by atoms with van der Waals surface area (Å²) >= 11 is 6.45. The second-order valence-corrected chi connectivity index (χ2v) is 10.2. The van der Waals surface area contributed by atoms with Crippen LogP contribution < -0.4 is 0 Å². The molecule has 2 aromatic rings. The lowest BCUT2D eigenvalue weighted by Crippen LogP contribution is -2.33. The molecule has 0 atom stereocenters. The van der Waals surface area contributed by atoms with Crippen molar-refractivity contribution < 1.29 is 33.8 Å². The zero-order chi connectivity index (χ0) is 16.9. The molecule has 5 N–H and O–H groups in total. The average molecular weight is 480 g/mol. The number of hydrogen-bond donors (Lipinski definition) is 5. The molecule has 9 nitrogen and oxygen atoms in total. The van der Waals surface area contributed by atoms with Crippen LogP contribution in [0.25, 0.3) is 11.0 Å². The highest BCUT2D eigenvalue weighted by atomic mass is 79.9. The molecular weight excluding hydrogens is 470 g/mol. The normalized spacial score (nSPS) is 13.8. The number of rotatable bonds is 4. The largest absolute Gasteiger partial charge is 0.371 e. The Bertz CT molecular complexity index is 805. The highest BCUT2D eigenvalue weighted by Crippen LogP contribution is 2.68. The van der Waals surface area contributed by atoms with E-state index in [9.17, 15) is 33.8 Å². The number of halogens is 2. The zero-order valence-electron chi connectivity index (χ0n) is 10.5. The fourth-order valence-electron chi connectivity index (χ4n) is 1.81. The summed E-state index contributed by atoms with van der Waals surface area (Å²) < 4.78 is 24.9. The van der Waals surface area contributed by atoms with Crippen molar-refractivity contribution in [1.82, 2.24) is 9.55 Å². The van der Waals surface area contributed by atoms with Crippen LogP contribution in [-0.4, -0.2) is 39.3 Å². The van der Waals surface area contributed by atoms with Crippen molar-refractivity contribution in [2.45, 2.75) is 11.6 Å². The Hall–Kier alpha value is -0.0900. The van der Waals surface area contributed by atoms with Gasteiger partial charge in [0.2, 0.25) is 0 Å². The first-order valence-electron chi connectivity index (χ1n) is 5.51. The molecule has 0 unspecified atom stereocenters. The van der Waals surface area contributed by atoms with Gasteiger partial charge in [0, 0.05) is 8.95 Å². The molecule has 2 rings (SSSR count).